The molecule has 3 atom stereocenters. The average Bonchev–Trinajstić information content (AvgIpc) is 2.71. The second-order valence-corrected chi connectivity index (χ2v) is 7.09. The SMILES string of the molecule is CCC(OCC(O)CN1CCOC(c2ccc(F)c(F)c2)C1)c1ccccc1.Cl. The molecule has 2 aromatic rings. The summed E-state index contributed by atoms with van der Waals surface area (Å²) in [7, 11) is 0. The van der Waals surface area contributed by atoms with Crippen LogP contribution >= 0.6 is 12.4 Å². The number of benzene rings is 2. The number of rotatable bonds is 8. The lowest BCUT2D eigenvalue weighted by atomic mass is 10.1. The highest BCUT2D eigenvalue weighted by Crippen LogP contribution is 2.24. The van der Waals surface area contributed by atoms with E-state index in [4.69, 9.17) is 9.47 Å². The van der Waals surface area contributed by atoms with Crippen molar-refractivity contribution in [2.75, 3.05) is 32.8 Å². The summed E-state index contributed by atoms with van der Waals surface area (Å²) in [5.74, 6) is -1.74. The number of hydrogen-bond donors (Lipinski definition) is 1. The molecule has 0 spiro atoms. The highest BCUT2D eigenvalue weighted by Gasteiger charge is 2.25. The summed E-state index contributed by atoms with van der Waals surface area (Å²) < 4.78 is 38.3. The van der Waals surface area contributed by atoms with Crippen molar-refractivity contribution < 1.29 is 23.4 Å². The molecule has 3 rings (SSSR count). The molecular formula is C22H28ClF2NO3. The van der Waals surface area contributed by atoms with Crippen molar-refractivity contribution in [3.8, 4) is 0 Å². The number of β-amino-alcohol motifs (C(OH)–C–C–N with tert-alkyl or cyclic N) is 1. The molecule has 0 radical (unpaired) electrons. The molecule has 0 aromatic heterocycles. The predicted octanol–water partition coefficient (Wildman–Crippen LogP) is 4.29. The lowest BCUT2D eigenvalue weighted by molar-refractivity contribution is -0.0617. The maximum atomic E-state index is 13.5. The number of halogens is 3. The van der Waals surface area contributed by atoms with Gasteiger partial charge in [0.2, 0.25) is 0 Å². The van der Waals surface area contributed by atoms with Crippen LogP contribution in [0.25, 0.3) is 0 Å². The van der Waals surface area contributed by atoms with E-state index in [0.717, 1.165) is 18.1 Å². The fourth-order valence-electron chi connectivity index (χ4n) is 3.48. The Morgan fingerprint density at radius 3 is 2.62 bits per heavy atom. The molecule has 29 heavy (non-hydrogen) atoms. The molecule has 2 aromatic carbocycles. The maximum absolute atomic E-state index is 13.5. The van der Waals surface area contributed by atoms with Gasteiger partial charge in [-0.05, 0) is 29.7 Å². The fraction of sp³-hybridized carbons (Fsp3) is 0.455. The Labute approximate surface area is 176 Å². The van der Waals surface area contributed by atoms with Gasteiger partial charge in [0.05, 0.1) is 31.5 Å². The first kappa shape index (κ1) is 23.7. The maximum Gasteiger partial charge on any atom is 0.159 e. The van der Waals surface area contributed by atoms with Gasteiger partial charge in [0, 0.05) is 19.6 Å². The highest BCUT2D eigenvalue weighted by atomic mass is 35.5. The van der Waals surface area contributed by atoms with Crippen LogP contribution in [-0.4, -0.2) is 49.0 Å². The number of ether oxygens (including phenoxy) is 2. The Morgan fingerprint density at radius 2 is 1.93 bits per heavy atom. The normalized spacial score (nSPS) is 19.4. The Hall–Kier alpha value is -1.57. The molecule has 3 unspecified atom stereocenters. The molecule has 0 saturated carbocycles. The van der Waals surface area contributed by atoms with Gasteiger partial charge in [-0.2, -0.15) is 0 Å². The lowest BCUT2D eigenvalue weighted by Crippen LogP contribution is -2.43. The quantitative estimate of drug-likeness (QED) is 0.682. The third kappa shape index (κ3) is 6.73. The number of hydrogen-bond acceptors (Lipinski definition) is 4. The van der Waals surface area contributed by atoms with Gasteiger partial charge in [-0.3, -0.25) is 4.90 Å². The molecule has 7 heteroatoms. The number of aliphatic hydroxyl groups excluding tert-OH is 1. The van der Waals surface area contributed by atoms with Crippen molar-refractivity contribution in [2.24, 2.45) is 0 Å². The number of morpholine rings is 1. The Kier molecular flexibility index (Phi) is 9.46. The fourth-order valence-corrected chi connectivity index (χ4v) is 3.48. The van der Waals surface area contributed by atoms with Crippen molar-refractivity contribution in [1.29, 1.82) is 0 Å². The summed E-state index contributed by atoms with van der Waals surface area (Å²) in [6.45, 7) is 4.39. The van der Waals surface area contributed by atoms with Gasteiger partial charge < -0.3 is 14.6 Å². The molecule has 1 fully saturated rings. The lowest BCUT2D eigenvalue weighted by Gasteiger charge is -2.34. The molecule has 0 aliphatic carbocycles. The molecular weight excluding hydrogens is 400 g/mol. The van der Waals surface area contributed by atoms with Crippen LogP contribution in [0.4, 0.5) is 8.78 Å². The molecule has 0 amide bonds. The van der Waals surface area contributed by atoms with Crippen LogP contribution < -0.4 is 0 Å². The van der Waals surface area contributed by atoms with Crippen molar-refractivity contribution in [3.63, 3.8) is 0 Å². The molecule has 1 saturated heterocycles. The van der Waals surface area contributed by atoms with Crippen LogP contribution in [-0.2, 0) is 9.47 Å². The van der Waals surface area contributed by atoms with Gasteiger partial charge >= 0.3 is 0 Å². The zero-order valence-corrected chi connectivity index (χ0v) is 17.3. The van der Waals surface area contributed by atoms with E-state index in [2.05, 4.69) is 11.8 Å². The highest BCUT2D eigenvalue weighted by molar-refractivity contribution is 5.85. The van der Waals surface area contributed by atoms with Gasteiger partial charge in [0.15, 0.2) is 11.6 Å². The zero-order valence-electron chi connectivity index (χ0n) is 16.5. The first-order valence-electron chi connectivity index (χ1n) is 9.70. The minimum Gasteiger partial charge on any atom is -0.389 e. The van der Waals surface area contributed by atoms with Crippen molar-refractivity contribution in [1.82, 2.24) is 4.90 Å². The second kappa shape index (κ2) is 11.6. The van der Waals surface area contributed by atoms with Gasteiger partial charge in [-0.1, -0.05) is 43.3 Å². The summed E-state index contributed by atoms with van der Waals surface area (Å²) in [6.07, 6.45) is -0.200. The first-order chi connectivity index (χ1) is 13.6. The summed E-state index contributed by atoms with van der Waals surface area (Å²) in [6, 6.07) is 13.8. The standard InChI is InChI=1S/C22H27F2NO3.ClH/c1-2-21(16-6-4-3-5-7-16)28-15-18(26)13-25-10-11-27-22(14-25)17-8-9-19(23)20(24)12-17;/h3-9,12,18,21-22,26H,2,10-11,13-15H2,1H3;1H. The topological polar surface area (TPSA) is 41.9 Å². The molecule has 160 valence electrons. The summed E-state index contributed by atoms with van der Waals surface area (Å²) in [5.41, 5.74) is 1.70. The minimum absolute atomic E-state index is 0. The van der Waals surface area contributed by atoms with Crippen LogP contribution in [0.15, 0.2) is 48.5 Å². The van der Waals surface area contributed by atoms with Crippen molar-refractivity contribution in [3.05, 3.63) is 71.3 Å². The second-order valence-electron chi connectivity index (χ2n) is 7.09. The largest absolute Gasteiger partial charge is 0.389 e. The molecule has 1 aliphatic heterocycles. The van der Waals surface area contributed by atoms with Crippen LogP contribution in [0.5, 0.6) is 0 Å². The zero-order chi connectivity index (χ0) is 19.9. The van der Waals surface area contributed by atoms with Gasteiger partial charge in [-0.25, -0.2) is 8.78 Å². The van der Waals surface area contributed by atoms with E-state index in [1.807, 2.05) is 30.3 Å². The third-order valence-corrected chi connectivity index (χ3v) is 4.97. The Bertz CT molecular complexity index is 750. The molecule has 4 nitrogen and oxygen atoms in total. The van der Waals surface area contributed by atoms with E-state index >= 15 is 0 Å². The van der Waals surface area contributed by atoms with Gasteiger partial charge in [-0.15, -0.1) is 12.4 Å². The smallest absolute Gasteiger partial charge is 0.159 e. The van der Waals surface area contributed by atoms with E-state index in [-0.39, 0.29) is 31.2 Å². The van der Waals surface area contributed by atoms with E-state index < -0.39 is 17.7 Å². The molecule has 0 bridgehead atoms. The van der Waals surface area contributed by atoms with Crippen LogP contribution in [0.2, 0.25) is 0 Å². The molecule has 1 N–H and O–H groups in total. The van der Waals surface area contributed by atoms with Crippen molar-refractivity contribution >= 4 is 12.4 Å². The Morgan fingerprint density at radius 1 is 1.17 bits per heavy atom. The van der Waals surface area contributed by atoms with Crippen LogP contribution in [0.1, 0.15) is 36.7 Å². The summed E-state index contributed by atoms with van der Waals surface area (Å²) >= 11 is 0. The Balaban J connectivity index is 0.00000300. The monoisotopic (exact) mass is 427 g/mol. The summed E-state index contributed by atoms with van der Waals surface area (Å²) in [4.78, 5) is 2.06. The predicted molar refractivity (Wildman–Crippen MR) is 110 cm³/mol. The van der Waals surface area contributed by atoms with E-state index in [1.165, 1.54) is 12.1 Å². The van der Waals surface area contributed by atoms with Crippen molar-refractivity contribution in [2.45, 2.75) is 31.7 Å². The van der Waals surface area contributed by atoms with Gasteiger partial charge in [0.1, 0.15) is 0 Å². The number of nitrogens with zero attached hydrogens (tertiary/aromatic N) is 1. The van der Waals surface area contributed by atoms with Crippen LogP contribution in [0.3, 0.4) is 0 Å². The summed E-state index contributed by atoms with van der Waals surface area (Å²) in [5, 5.41) is 10.4. The average molecular weight is 428 g/mol. The minimum atomic E-state index is -0.877. The first-order valence-corrected chi connectivity index (χ1v) is 9.70. The molecule has 1 aliphatic rings. The number of aliphatic hydroxyl groups is 1. The van der Waals surface area contributed by atoms with Gasteiger partial charge in [0.25, 0.3) is 0 Å². The third-order valence-electron chi connectivity index (χ3n) is 4.97. The molecule has 1 heterocycles. The van der Waals surface area contributed by atoms with E-state index in [9.17, 15) is 13.9 Å². The van der Waals surface area contributed by atoms with E-state index in [1.54, 1.807) is 0 Å². The van der Waals surface area contributed by atoms with Crippen LogP contribution in [0, 0.1) is 11.6 Å². The van der Waals surface area contributed by atoms with E-state index in [0.29, 0.717) is 31.8 Å².